The lowest BCUT2D eigenvalue weighted by molar-refractivity contribution is 0.0734. The Morgan fingerprint density at radius 2 is 1.87 bits per heavy atom. The summed E-state index contributed by atoms with van der Waals surface area (Å²) in [6.07, 6.45) is 1.66. The molecule has 0 saturated heterocycles. The Kier molecular flexibility index (Phi) is 5.96. The number of nitrogens with zero attached hydrogens (tertiary/aromatic N) is 2. The number of rotatable bonds is 6. The number of hydrogen-bond acceptors (Lipinski definition) is 6. The topological polar surface area (TPSA) is 63.6 Å². The number of aryl methyl sites for hydroxylation is 1. The van der Waals surface area contributed by atoms with Gasteiger partial charge in [0, 0.05) is 10.9 Å². The molecule has 0 saturated carbocycles. The van der Waals surface area contributed by atoms with Crippen LogP contribution in [0, 0.1) is 6.92 Å². The minimum atomic E-state index is -0.387. The highest BCUT2D eigenvalue weighted by molar-refractivity contribution is 7.14. The summed E-state index contributed by atoms with van der Waals surface area (Å²) in [4.78, 5) is 16.9. The minimum Gasteiger partial charge on any atom is -0.423 e. The van der Waals surface area contributed by atoms with Crippen LogP contribution in [0.1, 0.15) is 21.5 Å². The van der Waals surface area contributed by atoms with Crippen LogP contribution in [0.15, 0.2) is 89.3 Å². The highest BCUT2D eigenvalue weighted by Gasteiger charge is 2.09. The van der Waals surface area contributed by atoms with Gasteiger partial charge in [0.05, 0.1) is 17.5 Å². The third-order valence-electron chi connectivity index (χ3n) is 4.27. The van der Waals surface area contributed by atoms with E-state index in [1.165, 1.54) is 11.3 Å². The molecule has 30 heavy (non-hydrogen) atoms. The van der Waals surface area contributed by atoms with Gasteiger partial charge in [-0.15, -0.1) is 11.3 Å². The van der Waals surface area contributed by atoms with Crippen LogP contribution < -0.4 is 10.2 Å². The van der Waals surface area contributed by atoms with Gasteiger partial charge in [-0.2, -0.15) is 5.10 Å². The number of nitrogens with one attached hydrogen (secondary N) is 1. The Bertz CT molecular complexity index is 1190. The molecular weight excluding hydrogens is 394 g/mol. The number of hydrogen-bond donors (Lipinski definition) is 1. The molecule has 1 heterocycles. The van der Waals surface area contributed by atoms with Crippen molar-refractivity contribution in [2.24, 2.45) is 5.10 Å². The van der Waals surface area contributed by atoms with Crippen LogP contribution in [0.3, 0.4) is 0 Å². The number of thiazole rings is 1. The van der Waals surface area contributed by atoms with Crippen LogP contribution in [0.5, 0.6) is 5.75 Å². The van der Waals surface area contributed by atoms with Crippen molar-refractivity contribution in [2.75, 3.05) is 5.43 Å². The van der Waals surface area contributed by atoms with E-state index >= 15 is 0 Å². The molecule has 4 rings (SSSR count). The second kappa shape index (κ2) is 9.15. The van der Waals surface area contributed by atoms with Crippen molar-refractivity contribution in [2.45, 2.75) is 6.92 Å². The van der Waals surface area contributed by atoms with Crippen molar-refractivity contribution in [1.82, 2.24) is 4.98 Å². The average Bonchev–Trinajstić information content (AvgIpc) is 3.24. The Hall–Kier alpha value is -3.77. The maximum absolute atomic E-state index is 12.3. The van der Waals surface area contributed by atoms with Gasteiger partial charge in [-0.3, -0.25) is 5.43 Å². The molecule has 3 aromatic carbocycles. The summed E-state index contributed by atoms with van der Waals surface area (Å²) in [5.74, 6) is 0.0770. The van der Waals surface area contributed by atoms with Gasteiger partial charge >= 0.3 is 5.97 Å². The molecule has 0 radical (unpaired) electrons. The Morgan fingerprint density at radius 1 is 1.03 bits per heavy atom. The molecule has 0 atom stereocenters. The molecule has 0 fully saturated rings. The average molecular weight is 414 g/mol. The largest absolute Gasteiger partial charge is 0.423 e. The predicted octanol–water partition coefficient (Wildman–Crippen LogP) is 5.78. The van der Waals surface area contributed by atoms with E-state index in [1.54, 1.807) is 30.5 Å². The molecule has 6 heteroatoms. The molecule has 0 bridgehead atoms. The van der Waals surface area contributed by atoms with Crippen molar-refractivity contribution in [3.63, 3.8) is 0 Å². The lowest BCUT2D eigenvalue weighted by Crippen LogP contribution is -2.08. The predicted molar refractivity (Wildman–Crippen MR) is 121 cm³/mol. The van der Waals surface area contributed by atoms with Crippen molar-refractivity contribution in [3.05, 3.63) is 101 Å². The quantitative estimate of drug-likeness (QED) is 0.188. The molecule has 0 spiro atoms. The van der Waals surface area contributed by atoms with Crippen LogP contribution in [0.4, 0.5) is 5.13 Å². The van der Waals surface area contributed by atoms with Gasteiger partial charge in [-0.05, 0) is 36.8 Å². The summed E-state index contributed by atoms with van der Waals surface area (Å²) >= 11 is 1.48. The van der Waals surface area contributed by atoms with Crippen molar-refractivity contribution >= 4 is 28.7 Å². The van der Waals surface area contributed by atoms with E-state index in [-0.39, 0.29) is 5.97 Å². The van der Waals surface area contributed by atoms with Gasteiger partial charge in [0.25, 0.3) is 0 Å². The van der Waals surface area contributed by atoms with Crippen LogP contribution in [0.25, 0.3) is 11.3 Å². The monoisotopic (exact) mass is 413 g/mol. The number of benzene rings is 3. The van der Waals surface area contributed by atoms with Crippen molar-refractivity contribution < 1.29 is 9.53 Å². The van der Waals surface area contributed by atoms with E-state index in [0.717, 1.165) is 22.4 Å². The number of ether oxygens (including phenoxy) is 1. The summed E-state index contributed by atoms with van der Waals surface area (Å²) in [6.45, 7) is 1.94. The molecule has 4 aromatic rings. The van der Waals surface area contributed by atoms with Crippen molar-refractivity contribution in [3.8, 4) is 17.0 Å². The summed E-state index contributed by atoms with van der Waals surface area (Å²) in [5, 5.41) is 6.93. The number of carbonyl (C=O) groups excluding carboxylic acids is 1. The Morgan fingerprint density at radius 3 is 2.70 bits per heavy atom. The zero-order valence-corrected chi connectivity index (χ0v) is 17.1. The van der Waals surface area contributed by atoms with E-state index in [0.29, 0.717) is 16.4 Å². The molecule has 0 aliphatic carbocycles. The van der Waals surface area contributed by atoms with Gasteiger partial charge < -0.3 is 4.74 Å². The minimum absolute atomic E-state index is 0.387. The molecule has 5 nitrogen and oxygen atoms in total. The number of aromatic nitrogens is 1. The number of hydrazone groups is 1. The van der Waals surface area contributed by atoms with Gasteiger partial charge in [0.1, 0.15) is 5.75 Å². The standard InChI is InChI=1S/C24H19N3O2S/c1-17-7-5-11-20(13-17)23(28)29-21-12-6-8-18(14-21)15-25-27-24-26-22(16-30-24)19-9-3-2-4-10-19/h2-16H,1H3,(H,26,27). The zero-order chi connectivity index (χ0) is 20.8. The Balaban J connectivity index is 1.39. The van der Waals surface area contributed by atoms with E-state index < -0.39 is 0 Å². The first-order chi connectivity index (χ1) is 14.7. The van der Waals surface area contributed by atoms with Crippen LogP contribution in [-0.2, 0) is 0 Å². The van der Waals surface area contributed by atoms with E-state index in [4.69, 9.17) is 4.74 Å². The lowest BCUT2D eigenvalue weighted by atomic mass is 10.1. The highest BCUT2D eigenvalue weighted by atomic mass is 32.1. The second-order valence-corrected chi connectivity index (χ2v) is 7.46. The fraction of sp³-hybridized carbons (Fsp3) is 0.0417. The molecule has 148 valence electrons. The van der Waals surface area contributed by atoms with Gasteiger partial charge in [0.2, 0.25) is 5.13 Å². The van der Waals surface area contributed by atoms with Gasteiger partial charge in [-0.25, -0.2) is 9.78 Å². The first kappa shape index (κ1) is 19.5. The summed E-state index contributed by atoms with van der Waals surface area (Å²) in [6, 6.07) is 24.5. The third-order valence-corrected chi connectivity index (χ3v) is 5.02. The first-order valence-corrected chi connectivity index (χ1v) is 10.2. The zero-order valence-electron chi connectivity index (χ0n) is 16.3. The number of carbonyl (C=O) groups is 1. The molecule has 0 aliphatic rings. The fourth-order valence-electron chi connectivity index (χ4n) is 2.82. The molecule has 1 N–H and O–H groups in total. The van der Waals surface area contributed by atoms with E-state index in [9.17, 15) is 4.79 Å². The van der Waals surface area contributed by atoms with Gasteiger partial charge in [-0.1, -0.05) is 60.2 Å². The van der Waals surface area contributed by atoms with Crippen LogP contribution >= 0.6 is 11.3 Å². The van der Waals surface area contributed by atoms with E-state index in [2.05, 4.69) is 15.5 Å². The summed E-state index contributed by atoms with van der Waals surface area (Å²) < 4.78 is 5.48. The summed E-state index contributed by atoms with van der Waals surface area (Å²) in [5.41, 5.74) is 7.25. The Labute approximate surface area is 178 Å². The SMILES string of the molecule is Cc1cccc(C(=O)Oc2cccc(C=NNc3nc(-c4ccccc4)cs3)c2)c1. The highest BCUT2D eigenvalue weighted by Crippen LogP contribution is 2.24. The molecular formula is C24H19N3O2S. The summed E-state index contributed by atoms with van der Waals surface area (Å²) in [7, 11) is 0. The van der Waals surface area contributed by atoms with Crippen molar-refractivity contribution in [1.29, 1.82) is 0 Å². The lowest BCUT2D eigenvalue weighted by Gasteiger charge is -2.05. The molecule has 0 aliphatic heterocycles. The van der Waals surface area contributed by atoms with Crippen LogP contribution in [0.2, 0.25) is 0 Å². The number of anilines is 1. The fourth-order valence-corrected chi connectivity index (χ4v) is 3.49. The second-order valence-electron chi connectivity index (χ2n) is 6.61. The molecule has 1 aromatic heterocycles. The number of esters is 1. The van der Waals surface area contributed by atoms with Crippen LogP contribution in [-0.4, -0.2) is 17.2 Å². The first-order valence-electron chi connectivity index (χ1n) is 9.36. The maximum Gasteiger partial charge on any atom is 0.343 e. The normalized spacial score (nSPS) is 10.8. The molecule has 0 unspecified atom stereocenters. The smallest absolute Gasteiger partial charge is 0.343 e. The van der Waals surface area contributed by atoms with E-state index in [1.807, 2.05) is 66.9 Å². The third kappa shape index (κ3) is 4.98. The van der Waals surface area contributed by atoms with Gasteiger partial charge in [0.15, 0.2) is 0 Å². The maximum atomic E-state index is 12.3. The molecule has 0 amide bonds.